The predicted octanol–water partition coefficient (Wildman–Crippen LogP) is 3.08. The van der Waals surface area contributed by atoms with E-state index in [-0.39, 0.29) is 16.0 Å². The van der Waals surface area contributed by atoms with Gasteiger partial charge in [-0.25, -0.2) is 13.6 Å². The summed E-state index contributed by atoms with van der Waals surface area (Å²) in [4.78, 5) is 0. The highest BCUT2D eigenvalue weighted by Crippen LogP contribution is 2.38. The van der Waals surface area contributed by atoms with Crippen molar-refractivity contribution in [3.63, 3.8) is 0 Å². The van der Waals surface area contributed by atoms with E-state index in [1.54, 1.807) is 11.4 Å². The topological polar surface area (TPSA) is 80.4 Å². The number of nitrogens with two attached hydrogens (primary N) is 1. The van der Waals surface area contributed by atoms with Gasteiger partial charge in [-0.1, -0.05) is 40.0 Å². The molecule has 1 heterocycles. The molecule has 0 spiro atoms. The zero-order valence-electron chi connectivity index (χ0n) is 12.4. The number of sulfonamides is 1. The van der Waals surface area contributed by atoms with Crippen LogP contribution >= 0.6 is 11.3 Å². The lowest BCUT2D eigenvalue weighted by Gasteiger charge is -2.28. The van der Waals surface area contributed by atoms with Crippen LogP contribution in [0.2, 0.25) is 0 Å². The van der Waals surface area contributed by atoms with Crippen molar-refractivity contribution >= 4 is 21.4 Å². The van der Waals surface area contributed by atoms with Gasteiger partial charge in [0.05, 0.1) is 6.10 Å². The minimum Gasteiger partial charge on any atom is -0.392 e. The van der Waals surface area contributed by atoms with E-state index in [4.69, 9.17) is 5.14 Å². The standard InChI is InChI=1S/C14H25NO3S2/c1-4-6-7-12(16)13(10(3)5-2)11-8-9-19-14(11)20(15,17)18/h8-10,12-13,16H,4-7H2,1-3H3,(H2,15,17,18)/t10-,12?,13-/m0/s1. The Bertz CT molecular complexity index is 510. The van der Waals surface area contributed by atoms with Crippen LogP contribution in [0.4, 0.5) is 0 Å². The van der Waals surface area contributed by atoms with Gasteiger partial charge in [-0.2, -0.15) is 0 Å². The molecule has 20 heavy (non-hydrogen) atoms. The Labute approximate surface area is 126 Å². The highest BCUT2D eigenvalue weighted by atomic mass is 32.2. The second-order valence-corrected chi connectivity index (χ2v) is 8.00. The van der Waals surface area contributed by atoms with Crippen molar-refractivity contribution in [3.05, 3.63) is 17.0 Å². The van der Waals surface area contributed by atoms with E-state index < -0.39 is 16.1 Å². The lowest BCUT2D eigenvalue weighted by atomic mass is 9.81. The van der Waals surface area contributed by atoms with Crippen molar-refractivity contribution < 1.29 is 13.5 Å². The molecule has 0 radical (unpaired) electrons. The van der Waals surface area contributed by atoms with E-state index in [2.05, 4.69) is 6.92 Å². The Morgan fingerprint density at radius 3 is 2.55 bits per heavy atom. The second kappa shape index (κ2) is 7.54. The fourth-order valence-electron chi connectivity index (χ4n) is 2.52. The first-order chi connectivity index (χ1) is 9.32. The first-order valence-electron chi connectivity index (χ1n) is 7.11. The molecule has 0 aliphatic carbocycles. The maximum atomic E-state index is 11.7. The Morgan fingerprint density at radius 2 is 2.05 bits per heavy atom. The van der Waals surface area contributed by atoms with Crippen molar-refractivity contribution in [2.75, 3.05) is 0 Å². The average molecular weight is 319 g/mol. The van der Waals surface area contributed by atoms with E-state index in [1.807, 2.05) is 13.8 Å². The average Bonchev–Trinajstić information content (AvgIpc) is 2.85. The number of rotatable bonds is 8. The van der Waals surface area contributed by atoms with Gasteiger partial charge in [0.15, 0.2) is 0 Å². The van der Waals surface area contributed by atoms with E-state index in [1.165, 1.54) is 0 Å². The summed E-state index contributed by atoms with van der Waals surface area (Å²) in [6, 6.07) is 1.79. The Hall–Kier alpha value is -0.430. The van der Waals surface area contributed by atoms with Crippen LogP contribution < -0.4 is 5.14 Å². The summed E-state index contributed by atoms with van der Waals surface area (Å²) >= 11 is 1.13. The van der Waals surface area contributed by atoms with E-state index in [9.17, 15) is 13.5 Å². The molecule has 0 aliphatic rings. The van der Waals surface area contributed by atoms with Crippen LogP contribution in [0.5, 0.6) is 0 Å². The lowest BCUT2D eigenvalue weighted by Crippen LogP contribution is -2.26. The molecule has 1 rings (SSSR count). The smallest absolute Gasteiger partial charge is 0.247 e. The zero-order chi connectivity index (χ0) is 15.3. The van der Waals surface area contributed by atoms with Crippen molar-refractivity contribution in [2.24, 2.45) is 11.1 Å². The van der Waals surface area contributed by atoms with E-state index >= 15 is 0 Å². The maximum absolute atomic E-state index is 11.7. The third-order valence-electron chi connectivity index (χ3n) is 3.80. The number of thiophene rings is 1. The van der Waals surface area contributed by atoms with Crippen LogP contribution in [0.3, 0.4) is 0 Å². The normalized spacial score (nSPS) is 16.9. The van der Waals surface area contributed by atoms with Gasteiger partial charge in [-0.3, -0.25) is 0 Å². The summed E-state index contributed by atoms with van der Waals surface area (Å²) in [6.45, 7) is 6.17. The summed E-state index contributed by atoms with van der Waals surface area (Å²) in [7, 11) is -3.72. The molecule has 0 fully saturated rings. The number of aliphatic hydroxyl groups is 1. The highest BCUT2D eigenvalue weighted by molar-refractivity contribution is 7.91. The first-order valence-corrected chi connectivity index (χ1v) is 9.53. The minimum absolute atomic E-state index is 0.175. The molecule has 0 saturated carbocycles. The Morgan fingerprint density at radius 1 is 1.40 bits per heavy atom. The molecule has 4 nitrogen and oxygen atoms in total. The maximum Gasteiger partial charge on any atom is 0.247 e. The van der Waals surface area contributed by atoms with Crippen LogP contribution in [0.15, 0.2) is 15.7 Å². The SMILES string of the molecule is CCCCC(O)[C@H](c1ccsc1S(N)(=O)=O)[C@@H](C)CC. The minimum atomic E-state index is -3.72. The van der Waals surface area contributed by atoms with Crippen LogP contribution in [0.1, 0.15) is 57.9 Å². The van der Waals surface area contributed by atoms with Crippen molar-refractivity contribution in [2.45, 2.75) is 62.7 Å². The molecule has 3 N–H and O–H groups in total. The van der Waals surface area contributed by atoms with Gasteiger partial charge < -0.3 is 5.11 Å². The van der Waals surface area contributed by atoms with Crippen LogP contribution in [0.25, 0.3) is 0 Å². The molecular formula is C14H25NO3S2. The fraction of sp³-hybridized carbons (Fsp3) is 0.714. The van der Waals surface area contributed by atoms with Gasteiger partial charge in [0.25, 0.3) is 0 Å². The molecular weight excluding hydrogens is 294 g/mol. The van der Waals surface area contributed by atoms with Crippen LogP contribution in [0, 0.1) is 5.92 Å². The molecule has 0 aromatic carbocycles. The monoisotopic (exact) mass is 319 g/mol. The predicted molar refractivity (Wildman–Crippen MR) is 83.4 cm³/mol. The first kappa shape index (κ1) is 17.6. The summed E-state index contributed by atoms with van der Waals surface area (Å²) in [5.74, 6) is 0.0306. The number of hydrogen-bond acceptors (Lipinski definition) is 4. The number of unbranched alkanes of at least 4 members (excludes halogenated alkanes) is 1. The second-order valence-electron chi connectivity index (χ2n) is 5.33. The van der Waals surface area contributed by atoms with Crippen molar-refractivity contribution in [3.8, 4) is 0 Å². The van der Waals surface area contributed by atoms with Crippen LogP contribution in [-0.4, -0.2) is 19.6 Å². The number of primary sulfonamides is 1. The molecule has 0 amide bonds. The molecule has 1 aromatic heterocycles. The van der Waals surface area contributed by atoms with Gasteiger partial charge in [0, 0.05) is 5.92 Å². The quantitative estimate of drug-likeness (QED) is 0.772. The largest absolute Gasteiger partial charge is 0.392 e. The van der Waals surface area contributed by atoms with Gasteiger partial charge in [0.1, 0.15) is 4.21 Å². The molecule has 0 saturated heterocycles. The van der Waals surface area contributed by atoms with Gasteiger partial charge >= 0.3 is 0 Å². The number of hydrogen-bond donors (Lipinski definition) is 2. The van der Waals surface area contributed by atoms with E-state index in [0.717, 1.165) is 30.6 Å². The highest BCUT2D eigenvalue weighted by Gasteiger charge is 2.31. The van der Waals surface area contributed by atoms with Gasteiger partial charge in [-0.15, -0.1) is 11.3 Å². The van der Waals surface area contributed by atoms with Crippen LogP contribution in [-0.2, 0) is 10.0 Å². The van der Waals surface area contributed by atoms with Crippen molar-refractivity contribution in [1.82, 2.24) is 0 Å². The Kier molecular flexibility index (Phi) is 6.64. The lowest BCUT2D eigenvalue weighted by molar-refractivity contribution is 0.105. The molecule has 6 heteroatoms. The summed E-state index contributed by atoms with van der Waals surface area (Å²) in [5.41, 5.74) is 0.676. The van der Waals surface area contributed by atoms with E-state index in [0.29, 0.717) is 12.0 Å². The summed E-state index contributed by atoms with van der Waals surface area (Å²) < 4.78 is 23.5. The van der Waals surface area contributed by atoms with Gasteiger partial charge in [0.2, 0.25) is 10.0 Å². The summed E-state index contributed by atoms with van der Waals surface area (Å²) in [6.07, 6.45) is 2.98. The third kappa shape index (κ3) is 4.28. The molecule has 1 unspecified atom stereocenters. The number of aliphatic hydroxyl groups excluding tert-OH is 1. The molecule has 0 bridgehead atoms. The molecule has 116 valence electrons. The molecule has 0 aliphatic heterocycles. The Balaban J connectivity index is 3.15. The fourth-order valence-corrected chi connectivity index (χ4v) is 4.44. The summed E-state index contributed by atoms with van der Waals surface area (Å²) in [5, 5.41) is 17.5. The van der Waals surface area contributed by atoms with Gasteiger partial charge in [-0.05, 0) is 29.3 Å². The zero-order valence-corrected chi connectivity index (χ0v) is 14.0. The van der Waals surface area contributed by atoms with Crippen molar-refractivity contribution in [1.29, 1.82) is 0 Å². The molecule has 3 atom stereocenters. The third-order valence-corrected chi connectivity index (χ3v) is 6.26. The molecule has 1 aromatic rings.